The Morgan fingerprint density at radius 1 is 1.11 bits per heavy atom. The monoisotopic (exact) mass is 250 g/mol. The van der Waals surface area contributed by atoms with Gasteiger partial charge in [-0.05, 0) is 18.6 Å². The van der Waals surface area contributed by atoms with Crippen LogP contribution >= 0.6 is 0 Å². The van der Waals surface area contributed by atoms with Crippen LogP contribution in [0.1, 0.15) is 59.7 Å². The van der Waals surface area contributed by atoms with E-state index in [2.05, 4.69) is 6.92 Å². The molecule has 0 bridgehead atoms. The van der Waals surface area contributed by atoms with Crippen molar-refractivity contribution in [1.29, 1.82) is 0 Å². The van der Waals surface area contributed by atoms with Crippen molar-refractivity contribution in [2.45, 2.75) is 39.0 Å². The average Bonchev–Trinajstić information content (AvgIpc) is 2.34. The van der Waals surface area contributed by atoms with Crippen LogP contribution in [0.15, 0.2) is 18.2 Å². The van der Waals surface area contributed by atoms with Gasteiger partial charge < -0.3 is 10.2 Å². The van der Waals surface area contributed by atoms with Crippen molar-refractivity contribution in [2.75, 3.05) is 0 Å². The molecule has 0 aliphatic heterocycles. The summed E-state index contributed by atoms with van der Waals surface area (Å²) in [4.78, 5) is 22.7. The molecule has 0 saturated heterocycles. The third-order valence-corrected chi connectivity index (χ3v) is 2.82. The van der Waals surface area contributed by atoms with Crippen molar-refractivity contribution in [3.05, 3.63) is 29.3 Å². The van der Waals surface area contributed by atoms with Gasteiger partial charge in [0.15, 0.2) is 5.78 Å². The molecule has 1 aromatic carbocycles. The first kappa shape index (κ1) is 14.2. The number of aromatic carboxylic acids is 1. The smallest absolute Gasteiger partial charge is 0.339 e. The summed E-state index contributed by atoms with van der Waals surface area (Å²) >= 11 is 0. The molecule has 1 rings (SSSR count). The lowest BCUT2D eigenvalue weighted by Crippen LogP contribution is -2.04. The van der Waals surface area contributed by atoms with E-state index < -0.39 is 11.7 Å². The maximum atomic E-state index is 11.9. The Morgan fingerprint density at radius 2 is 1.78 bits per heavy atom. The number of ketones is 1. The Kier molecular flexibility index (Phi) is 5.36. The molecule has 4 heteroatoms. The number of rotatable bonds is 7. The van der Waals surface area contributed by atoms with Crippen molar-refractivity contribution in [1.82, 2.24) is 0 Å². The first-order chi connectivity index (χ1) is 8.57. The molecule has 0 unspecified atom stereocenters. The van der Waals surface area contributed by atoms with Crippen LogP contribution in [0, 0.1) is 0 Å². The van der Waals surface area contributed by atoms with Crippen LogP contribution in [0.25, 0.3) is 0 Å². The number of para-hydroxylation sites is 1. The third-order valence-electron chi connectivity index (χ3n) is 2.82. The van der Waals surface area contributed by atoms with Crippen LogP contribution in [0.2, 0.25) is 0 Å². The largest absolute Gasteiger partial charge is 0.506 e. The molecule has 18 heavy (non-hydrogen) atoms. The summed E-state index contributed by atoms with van der Waals surface area (Å²) in [5, 5.41) is 18.6. The predicted octanol–water partition coefficient (Wildman–Crippen LogP) is 3.24. The van der Waals surface area contributed by atoms with Gasteiger partial charge in [0.2, 0.25) is 0 Å². The molecule has 0 fully saturated rings. The molecule has 0 spiro atoms. The number of aromatic hydroxyl groups is 1. The minimum atomic E-state index is -1.23. The normalized spacial score (nSPS) is 10.3. The van der Waals surface area contributed by atoms with Gasteiger partial charge in [0.1, 0.15) is 11.3 Å². The van der Waals surface area contributed by atoms with E-state index >= 15 is 0 Å². The summed E-state index contributed by atoms with van der Waals surface area (Å²) in [5.74, 6) is -1.86. The van der Waals surface area contributed by atoms with Gasteiger partial charge in [-0.1, -0.05) is 32.3 Å². The molecule has 0 amide bonds. The van der Waals surface area contributed by atoms with Crippen molar-refractivity contribution in [3.63, 3.8) is 0 Å². The predicted molar refractivity (Wildman–Crippen MR) is 68.2 cm³/mol. The highest BCUT2D eigenvalue weighted by molar-refractivity contribution is 6.02. The molecule has 0 saturated carbocycles. The number of hydrogen-bond donors (Lipinski definition) is 2. The van der Waals surface area contributed by atoms with Crippen LogP contribution in [0.4, 0.5) is 0 Å². The van der Waals surface area contributed by atoms with Gasteiger partial charge >= 0.3 is 5.97 Å². The van der Waals surface area contributed by atoms with E-state index in [1.807, 2.05) is 0 Å². The van der Waals surface area contributed by atoms with Crippen LogP contribution in [0.5, 0.6) is 5.75 Å². The molecule has 0 atom stereocenters. The fourth-order valence-corrected chi connectivity index (χ4v) is 1.79. The summed E-state index contributed by atoms with van der Waals surface area (Å²) in [5.41, 5.74) is -0.124. The summed E-state index contributed by atoms with van der Waals surface area (Å²) in [6, 6.07) is 4.22. The van der Waals surface area contributed by atoms with Gasteiger partial charge in [-0.25, -0.2) is 4.79 Å². The summed E-state index contributed by atoms with van der Waals surface area (Å²) < 4.78 is 0. The Balaban J connectivity index is 2.74. The molecule has 1 aromatic rings. The van der Waals surface area contributed by atoms with Gasteiger partial charge in [-0.15, -0.1) is 0 Å². The first-order valence-corrected chi connectivity index (χ1v) is 6.16. The first-order valence-electron chi connectivity index (χ1n) is 6.16. The number of Topliss-reactive ketones (excluding diaryl/α,β-unsaturated/α-hetero) is 1. The Hall–Kier alpha value is -1.84. The highest BCUT2D eigenvalue weighted by Gasteiger charge is 2.17. The highest BCUT2D eigenvalue weighted by atomic mass is 16.4. The topological polar surface area (TPSA) is 74.6 Å². The van der Waals surface area contributed by atoms with E-state index in [0.29, 0.717) is 6.42 Å². The molecular formula is C14H18O4. The number of hydrogen-bond acceptors (Lipinski definition) is 3. The van der Waals surface area contributed by atoms with Crippen molar-refractivity contribution >= 4 is 11.8 Å². The molecule has 0 aliphatic carbocycles. The van der Waals surface area contributed by atoms with Gasteiger partial charge in [0.25, 0.3) is 0 Å². The van der Waals surface area contributed by atoms with E-state index in [-0.39, 0.29) is 16.9 Å². The fraction of sp³-hybridized carbons (Fsp3) is 0.429. The fourth-order valence-electron chi connectivity index (χ4n) is 1.79. The Bertz CT molecular complexity index is 437. The zero-order valence-electron chi connectivity index (χ0n) is 10.5. The molecular weight excluding hydrogens is 232 g/mol. The summed E-state index contributed by atoms with van der Waals surface area (Å²) in [6.45, 7) is 2.09. The maximum absolute atomic E-state index is 11.9. The zero-order chi connectivity index (χ0) is 13.5. The standard InChI is InChI=1S/C14H18O4/c1-2-3-4-5-9-12(15)10-7-6-8-11(13(10)16)14(17)18/h6-8,16H,2-5,9H2,1H3,(H,17,18). The number of carboxylic acids is 1. The van der Waals surface area contributed by atoms with Gasteiger partial charge in [0.05, 0.1) is 5.56 Å². The SMILES string of the molecule is CCCCCCC(=O)c1cccc(C(=O)O)c1O. The van der Waals surface area contributed by atoms with Crippen molar-refractivity contribution < 1.29 is 19.8 Å². The van der Waals surface area contributed by atoms with E-state index in [9.17, 15) is 14.7 Å². The number of benzene rings is 1. The number of phenols is 1. The lowest BCUT2D eigenvalue weighted by Gasteiger charge is -2.06. The molecule has 0 heterocycles. The third kappa shape index (κ3) is 3.58. The van der Waals surface area contributed by atoms with Crippen LogP contribution in [0.3, 0.4) is 0 Å². The lowest BCUT2D eigenvalue weighted by atomic mass is 10.0. The zero-order valence-corrected chi connectivity index (χ0v) is 10.5. The van der Waals surface area contributed by atoms with Gasteiger partial charge in [-0.2, -0.15) is 0 Å². The molecule has 0 aliphatic rings. The van der Waals surface area contributed by atoms with Crippen molar-refractivity contribution in [3.8, 4) is 5.75 Å². The summed E-state index contributed by atoms with van der Waals surface area (Å²) in [6.07, 6.45) is 4.25. The second kappa shape index (κ2) is 6.79. The number of carboxylic acid groups (broad SMARTS) is 1. The maximum Gasteiger partial charge on any atom is 0.339 e. The number of unbranched alkanes of at least 4 members (excludes halogenated alkanes) is 3. The Morgan fingerprint density at radius 3 is 2.39 bits per heavy atom. The molecule has 2 N–H and O–H groups in total. The summed E-state index contributed by atoms with van der Waals surface area (Å²) in [7, 11) is 0. The van der Waals surface area contributed by atoms with Crippen LogP contribution in [-0.2, 0) is 0 Å². The molecule has 98 valence electrons. The highest BCUT2D eigenvalue weighted by Crippen LogP contribution is 2.24. The lowest BCUT2D eigenvalue weighted by molar-refractivity contribution is 0.0693. The van der Waals surface area contributed by atoms with Gasteiger partial charge in [0, 0.05) is 6.42 Å². The Labute approximate surface area is 106 Å². The second-order valence-electron chi connectivity index (χ2n) is 4.24. The van der Waals surface area contributed by atoms with Gasteiger partial charge in [-0.3, -0.25) is 4.79 Å². The van der Waals surface area contributed by atoms with Crippen LogP contribution < -0.4 is 0 Å². The number of carbonyl (C=O) groups excluding carboxylic acids is 1. The second-order valence-corrected chi connectivity index (χ2v) is 4.24. The van der Waals surface area contributed by atoms with E-state index in [1.165, 1.54) is 18.2 Å². The van der Waals surface area contributed by atoms with E-state index in [1.54, 1.807) is 0 Å². The average molecular weight is 250 g/mol. The van der Waals surface area contributed by atoms with Crippen LogP contribution in [-0.4, -0.2) is 22.0 Å². The van der Waals surface area contributed by atoms with E-state index in [4.69, 9.17) is 5.11 Å². The van der Waals surface area contributed by atoms with Crippen molar-refractivity contribution in [2.24, 2.45) is 0 Å². The minimum Gasteiger partial charge on any atom is -0.506 e. The quantitative estimate of drug-likeness (QED) is 0.575. The van der Waals surface area contributed by atoms with E-state index in [0.717, 1.165) is 25.7 Å². The molecule has 0 radical (unpaired) electrons. The minimum absolute atomic E-state index is 0.103. The molecule has 4 nitrogen and oxygen atoms in total. The number of carbonyl (C=O) groups is 2. The molecule has 0 aromatic heterocycles.